The quantitative estimate of drug-likeness (QED) is 0.910. The summed E-state index contributed by atoms with van der Waals surface area (Å²) >= 11 is 11.9. The lowest BCUT2D eigenvalue weighted by Crippen LogP contribution is -2.14. The lowest BCUT2D eigenvalue weighted by Gasteiger charge is -2.05. The number of hydrogen-bond acceptors (Lipinski definition) is 2. The normalized spacial score (nSPS) is 10.6. The number of anilines is 1. The van der Waals surface area contributed by atoms with E-state index in [1.165, 1.54) is 10.7 Å². The Morgan fingerprint density at radius 1 is 1.35 bits per heavy atom. The number of nitrogens with zero attached hydrogens (tertiary/aromatic N) is 1. The van der Waals surface area contributed by atoms with Crippen LogP contribution in [-0.2, 0) is 4.79 Å². The van der Waals surface area contributed by atoms with Gasteiger partial charge in [-0.25, -0.2) is 4.68 Å². The molecule has 7 heteroatoms. The molecular formula is C13H13Cl2N3O2. The zero-order valence-corrected chi connectivity index (χ0v) is 12.3. The monoisotopic (exact) mass is 313 g/mol. The van der Waals surface area contributed by atoms with Crippen molar-refractivity contribution < 1.29 is 4.79 Å². The van der Waals surface area contributed by atoms with E-state index < -0.39 is 0 Å². The van der Waals surface area contributed by atoms with E-state index in [0.29, 0.717) is 28.0 Å². The summed E-state index contributed by atoms with van der Waals surface area (Å²) < 4.78 is 1.23. The van der Waals surface area contributed by atoms with Crippen LogP contribution in [0, 0.1) is 0 Å². The Morgan fingerprint density at radius 3 is 2.80 bits per heavy atom. The molecule has 2 aromatic rings. The largest absolute Gasteiger partial charge is 0.311 e. The minimum Gasteiger partial charge on any atom is -0.311 e. The first-order valence-electron chi connectivity index (χ1n) is 6.08. The average Bonchev–Trinajstić information content (AvgIpc) is 2.73. The van der Waals surface area contributed by atoms with Crippen LogP contribution in [0.15, 0.2) is 29.1 Å². The van der Waals surface area contributed by atoms with E-state index >= 15 is 0 Å². The van der Waals surface area contributed by atoms with E-state index in [1.807, 2.05) is 6.92 Å². The number of carbonyl (C=O) groups is 1. The van der Waals surface area contributed by atoms with E-state index in [0.717, 1.165) is 6.42 Å². The van der Waals surface area contributed by atoms with E-state index in [4.69, 9.17) is 23.2 Å². The summed E-state index contributed by atoms with van der Waals surface area (Å²) in [6.45, 7) is 1.90. The highest BCUT2D eigenvalue weighted by atomic mass is 35.5. The third kappa shape index (κ3) is 3.23. The Kier molecular flexibility index (Phi) is 4.52. The Balaban J connectivity index is 2.34. The molecule has 0 spiro atoms. The van der Waals surface area contributed by atoms with Gasteiger partial charge in [0.15, 0.2) is 0 Å². The van der Waals surface area contributed by atoms with Gasteiger partial charge in [0.1, 0.15) is 5.82 Å². The maximum absolute atomic E-state index is 11.9. The Bertz CT molecular complexity index is 691. The van der Waals surface area contributed by atoms with Crippen molar-refractivity contribution in [2.45, 2.75) is 19.8 Å². The minimum atomic E-state index is -0.332. The lowest BCUT2D eigenvalue weighted by molar-refractivity contribution is -0.116. The molecule has 0 aliphatic rings. The second-order valence-corrected chi connectivity index (χ2v) is 5.08. The van der Waals surface area contributed by atoms with Crippen molar-refractivity contribution in [3.8, 4) is 5.69 Å². The second kappa shape index (κ2) is 6.15. The molecule has 1 aromatic carbocycles. The van der Waals surface area contributed by atoms with Crippen molar-refractivity contribution in [1.82, 2.24) is 9.78 Å². The maximum atomic E-state index is 11.9. The third-order valence-electron chi connectivity index (χ3n) is 2.62. The van der Waals surface area contributed by atoms with Crippen LogP contribution in [0.25, 0.3) is 5.69 Å². The second-order valence-electron chi connectivity index (χ2n) is 4.24. The number of H-pyrrole nitrogens is 1. The van der Waals surface area contributed by atoms with Crippen molar-refractivity contribution in [1.29, 1.82) is 0 Å². The standard InChI is InChI=1S/C13H13Cl2N3O2/c1-2-3-12(19)16-11-7-13(20)18(17-11)10-6-8(14)4-5-9(10)15/h4-7,17H,2-3H2,1H3,(H,16,19). The molecule has 0 atom stereocenters. The molecule has 0 radical (unpaired) electrons. The van der Waals surface area contributed by atoms with Crippen molar-refractivity contribution >= 4 is 34.9 Å². The third-order valence-corrected chi connectivity index (χ3v) is 3.18. The molecule has 0 aliphatic heterocycles. The molecule has 0 fully saturated rings. The zero-order chi connectivity index (χ0) is 14.7. The van der Waals surface area contributed by atoms with Crippen LogP contribution in [0.2, 0.25) is 10.0 Å². The molecule has 1 amide bonds. The van der Waals surface area contributed by atoms with Crippen LogP contribution in [-0.4, -0.2) is 15.7 Å². The summed E-state index contributed by atoms with van der Waals surface area (Å²) in [7, 11) is 0. The number of aromatic nitrogens is 2. The molecule has 0 aliphatic carbocycles. The van der Waals surface area contributed by atoms with Gasteiger partial charge in [-0.2, -0.15) is 0 Å². The highest BCUT2D eigenvalue weighted by Gasteiger charge is 2.10. The zero-order valence-electron chi connectivity index (χ0n) is 10.7. The number of nitrogens with one attached hydrogen (secondary N) is 2. The molecule has 5 nitrogen and oxygen atoms in total. The van der Waals surface area contributed by atoms with Crippen molar-refractivity contribution in [3.05, 3.63) is 44.7 Å². The predicted octanol–water partition coefficient (Wildman–Crippen LogP) is 3.21. The number of rotatable bonds is 4. The summed E-state index contributed by atoms with van der Waals surface area (Å²) in [5.41, 5.74) is 0.0983. The number of benzene rings is 1. The number of amides is 1. The summed E-state index contributed by atoms with van der Waals surface area (Å²) in [5, 5.41) is 6.24. The van der Waals surface area contributed by atoms with Gasteiger partial charge in [0.25, 0.3) is 5.56 Å². The number of aromatic amines is 1. The highest BCUT2D eigenvalue weighted by molar-refractivity contribution is 6.34. The van der Waals surface area contributed by atoms with E-state index in [-0.39, 0.29) is 11.5 Å². The molecule has 0 saturated heterocycles. The molecule has 1 aromatic heterocycles. The maximum Gasteiger partial charge on any atom is 0.273 e. The molecule has 2 N–H and O–H groups in total. The highest BCUT2D eigenvalue weighted by Crippen LogP contribution is 2.23. The molecule has 2 rings (SSSR count). The fourth-order valence-corrected chi connectivity index (χ4v) is 2.10. The van der Waals surface area contributed by atoms with Crippen LogP contribution >= 0.6 is 23.2 Å². The molecule has 20 heavy (non-hydrogen) atoms. The smallest absolute Gasteiger partial charge is 0.273 e. The van der Waals surface area contributed by atoms with Gasteiger partial charge in [-0.15, -0.1) is 0 Å². The topological polar surface area (TPSA) is 66.9 Å². The molecule has 1 heterocycles. The number of carbonyl (C=O) groups excluding carboxylic acids is 1. The predicted molar refractivity (Wildman–Crippen MR) is 79.9 cm³/mol. The minimum absolute atomic E-state index is 0.155. The van der Waals surface area contributed by atoms with Crippen LogP contribution in [0.1, 0.15) is 19.8 Å². The molecule has 0 unspecified atom stereocenters. The first-order chi connectivity index (χ1) is 9.51. The van der Waals surface area contributed by atoms with Crippen LogP contribution in [0.5, 0.6) is 0 Å². The first-order valence-corrected chi connectivity index (χ1v) is 6.84. The Labute approximate surface area is 125 Å². The molecular weight excluding hydrogens is 301 g/mol. The van der Waals surface area contributed by atoms with Gasteiger partial charge in [-0.1, -0.05) is 30.1 Å². The first kappa shape index (κ1) is 14.7. The van der Waals surface area contributed by atoms with Crippen molar-refractivity contribution in [3.63, 3.8) is 0 Å². The molecule has 0 bridgehead atoms. The fraction of sp³-hybridized carbons (Fsp3) is 0.231. The van der Waals surface area contributed by atoms with Crippen LogP contribution in [0.4, 0.5) is 5.82 Å². The van der Waals surface area contributed by atoms with E-state index in [2.05, 4.69) is 10.4 Å². The number of halogens is 2. The van der Waals surface area contributed by atoms with E-state index in [1.54, 1.807) is 18.2 Å². The van der Waals surface area contributed by atoms with Gasteiger partial charge in [0.05, 0.1) is 10.7 Å². The Hall–Kier alpha value is -1.72. The average molecular weight is 314 g/mol. The summed E-state index contributed by atoms with van der Waals surface area (Å²) in [6.07, 6.45) is 1.13. The van der Waals surface area contributed by atoms with Gasteiger partial charge < -0.3 is 5.32 Å². The van der Waals surface area contributed by atoms with Gasteiger partial charge >= 0.3 is 0 Å². The number of hydrogen-bond donors (Lipinski definition) is 2. The van der Waals surface area contributed by atoms with Gasteiger partial charge in [-0.3, -0.25) is 14.7 Å². The summed E-state index contributed by atoms with van der Waals surface area (Å²) in [5.74, 6) is 0.169. The lowest BCUT2D eigenvalue weighted by atomic mass is 10.3. The van der Waals surface area contributed by atoms with Gasteiger partial charge in [-0.05, 0) is 24.6 Å². The fourth-order valence-electron chi connectivity index (χ4n) is 1.74. The SMILES string of the molecule is CCCC(=O)Nc1cc(=O)n(-c2cc(Cl)ccc2Cl)[nH]1. The molecule has 0 saturated carbocycles. The van der Waals surface area contributed by atoms with E-state index in [9.17, 15) is 9.59 Å². The van der Waals surface area contributed by atoms with Crippen LogP contribution < -0.4 is 10.9 Å². The van der Waals surface area contributed by atoms with Crippen molar-refractivity contribution in [2.75, 3.05) is 5.32 Å². The van der Waals surface area contributed by atoms with Gasteiger partial charge in [0, 0.05) is 17.5 Å². The van der Waals surface area contributed by atoms with Crippen LogP contribution in [0.3, 0.4) is 0 Å². The molecule has 106 valence electrons. The van der Waals surface area contributed by atoms with Gasteiger partial charge in [0.2, 0.25) is 5.91 Å². The summed E-state index contributed by atoms with van der Waals surface area (Å²) in [4.78, 5) is 23.4. The Morgan fingerprint density at radius 2 is 2.10 bits per heavy atom. The van der Waals surface area contributed by atoms with Crippen molar-refractivity contribution in [2.24, 2.45) is 0 Å². The summed E-state index contributed by atoms with van der Waals surface area (Å²) in [6, 6.07) is 6.09.